The highest BCUT2D eigenvalue weighted by Crippen LogP contribution is 2.65. The number of amides is 5. The van der Waals surface area contributed by atoms with Gasteiger partial charge in [-0.15, -0.1) is 0 Å². The van der Waals surface area contributed by atoms with E-state index < -0.39 is 64.5 Å². The zero-order chi connectivity index (χ0) is 33.7. The normalized spacial score (nSPS) is 27.6. The molecule has 1 aliphatic heterocycles. The minimum atomic E-state index is -2.77. The molecule has 5 atom stereocenters. The molecule has 4 fully saturated rings. The first-order chi connectivity index (χ1) is 20.7. The molecule has 0 aromatic carbocycles. The number of carbonyl (C=O) groups is 5. The first-order valence-electron chi connectivity index (χ1n) is 16.2. The predicted molar refractivity (Wildman–Crippen MR) is 168 cm³/mol. The van der Waals surface area contributed by atoms with Gasteiger partial charge in [-0.3, -0.25) is 19.2 Å². The summed E-state index contributed by atoms with van der Waals surface area (Å²) in [6.45, 7) is 13.8. The molecule has 4 rings (SSSR count). The number of halogens is 2. The van der Waals surface area contributed by atoms with Gasteiger partial charge >= 0.3 is 6.03 Å². The highest BCUT2D eigenvalue weighted by atomic mass is 32.2. The molecule has 3 saturated carbocycles. The second-order valence-electron chi connectivity index (χ2n) is 15.8. The van der Waals surface area contributed by atoms with Crippen LogP contribution >= 0.6 is 11.8 Å². The predicted octanol–water partition coefficient (Wildman–Crippen LogP) is 3.61. The van der Waals surface area contributed by atoms with E-state index in [1.807, 2.05) is 48.5 Å². The summed E-state index contributed by atoms with van der Waals surface area (Å²) in [6.07, 6.45) is 1.74. The molecule has 0 aromatic heterocycles. The summed E-state index contributed by atoms with van der Waals surface area (Å²) in [5, 5.41) is 8.82. The topological polar surface area (TPSA) is 151 Å². The molecule has 3 aliphatic carbocycles. The quantitative estimate of drug-likeness (QED) is 0.236. The maximum Gasteiger partial charge on any atom is 0.315 e. The van der Waals surface area contributed by atoms with Crippen molar-refractivity contribution in [1.82, 2.24) is 20.9 Å². The molecule has 10 nitrogen and oxygen atoms in total. The molecule has 1 saturated heterocycles. The van der Waals surface area contributed by atoms with Crippen molar-refractivity contribution in [1.29, 1.82) is 0 Å². The van der Waals surface area contributed by atoms with Crippen molar-refractivity contribution < 1.29 is 32.8 Å². The van der Waals surface area contributed by atoms with Crippen LogP contribution in [0.2, 0.25) is 0 Å². The van der Waals surface area contributed by atoms with Gasteiger partial charge in [-0.2, -0.15) is 11.8 Å². The number of carbonyl (C=O) groups excluding carboxylic acids is 5. The number of primary amides is 1. The Hall–Kier alpha value is -2.44. The number of rotatable bonds is 12. The van der Waals surface area contributed by atoms with Crippen LogP contribution in [0.25, 0.3) is 0 Å². The van der Waals surface area contributed by atoms with Gasteiger partial charge in [-0.25, -0.2) is 13.6 Å². The zero-order valence-electron chi connectivity index (χ0n) is 27.6. The van der Waals surface area contributed by atoms with Crippen molar-refractivity contribution in [3.8, 4) is 0 Å². The number of nitrogens with two attached hydrogens (primary N) is 1. The second-order valence-corrected chi connectivity index (χ2v) is 17.3. The van der Waals surface area contributed by atoms with Crippen molar-refractivity contribution in [2.75, 3.05) is 12.3 Å². The van der Waals surface area contributed by atoms with Crippen LogP contribution in [0.3, 0.4) is 0 Å². The first kappa shape index (κ1) is 35.4. The summed E-state index contributed by atoms with van der Waals surface area (Å²) in [7, 11) is 0. The number of likely N-dealkylation sites (tertiary alicyclic amines) is 1. The zero-order valence-corrected chi connectivity index (χ0v) is 28.5. The summed E-state index contributed by atoms with van der Waals surface area (Å²) in [6, 6.07) is -3.57. The molecule has 0 bridgehead atoms. The minimum absolute atomic E-state index is 0.0561. The molecule has 0 aromatic rings. The number of nitrogens with one attached hydrogen (secondary N) is 3. The van der Waals surface area contributed by atoms with Crippen molar-refractivity contribution in [2.45, 2.75) is 128 Å². The van der Waals surface area contributed by atoms with Gasteiger partial charge in [0, 0.05) is 25.1 Å². The number of nitrogens with zero attached hydrogens (tertiary/aromatic N) is 1. The van der Waals surface area contributed by atoms with E-state index in [1.54, 1.807) is 11.8 Å². The fraction of sp³-hybridized carbons (Fsp3) is 0.844. The van der Waals surface area contributed by atoms with Gasteiger partial charge in [0.05, 0.1) is 11.6 Å². The molecular formula is C32H51F2N5O5S. The lowest BCUT2D eigenvalue weighted by atomic mass is 9.81. The molecule has 45 heavy (non-hydrogen) atoms. The smallest absolute Gasteiger partial charge is 0.315 e. The van der Waals surface area contributed by atoms with E-state index in [0.717, 1.165) is 12.8 Å². The molecule has 5 amide bonds. The van der Waals surface area contributed by atoms with Gasteiger partial charge < -0.3 is 26.6 Å². The van der Waals surface area contributed by atoms with E-state index in [-0.39, 0.29) is 54.1 Å². The van der Waals surface area contributed by atoms with E-state index in [1.165, 1.54) is 4.90 Å². The van der Waals surface area contributed by atoms with Gasteiger partial charge in [0.25, 0.3) is 5.91 Å². The van der Waals surface area contributed by atoms with E-state index in [4.69, 9.17) is 5.73 Å². The number of urea groups is 1. The van der Waals surface area contributed by atoms with Crippen LogP contribution in [-0.4, -0.2) is 81.6 Å². The summed E-state index contributed by atoms with van der Waals surface area (Å²) < 4.78 is 28.2. The molecule has 0 spiro atoms. The second kappa shape index (κ2) is 12.6. The Balaban J connectivity index is 1.52. The summed E-state index contributed by atoms with van der Waals surface area (Å²) in [5.74, 6) is -5.06. The third kappa shape index (κ3) is 8.11. The lowest BCUT2D eigenvalue weighted by molar-refractivity contribution is -0.145. The molecule has 4 unspecified atom stereocenters. The molecule has 1 heterocycles. The van der Waals surface area contributed by atoms with Gasteiger partial charge in [-0.1, -0.05) is 61.3 Å². The van der Waals surface area contributed by atoms with E-state index in [2.05, 4.69) is 16.0 Å². The Kier molecular flexibility index (Phi) is 9.94. The van der Waals surface area contributed by atoms with Crippen LogP contribution in [0.5, 0.6) is 0 Å². The maximum atomic E-state index is 14.3. The molecular weight excluding hydrogens is 604 g/mol. The average molecular weight is 656 g/mol. The molecule has 0 radical (unpaired) electrons. The molecule has 13 heteroatoms. The molecule has 5 N–H and O–H groups in total. The first-order valence-corrected chi connectivity index (χ1v) is 17.2. The largest absolute Gasteiger partial charge is 0.363 e. The third-order valence-electron chi connectivity index (χ3n) is 10.3. The van der Waals surface area contributed by atoms with Crippen molar-refractivity contribution in [3.05, 3.63) is 0 Å². The minimum Gasteiger partial charge on any atom is -0.363 e. The Morgan fingerprint density at radius 3 is 2.11 bits per heavy atom. The Morgan fingerprint density at radius 1 is 1.00 bits per heavy atom. The van der Waals surface area contributed by atoms with Crippen LogP contribution in [0, 0.1) is 28.6 Å². The van der Waals surface area contributed by atoms with Crippen LogP contribution in [0.4, 0.5) is 13.6 Å². The van der Waals surface area contributed by atoms with Crippen molar-refractivity contribution in [2.24, 2.45) is 34.3 Å². The number of piperidine rings is 1. The Bertz CT molecular complexity index is 1190. The lowest BCUT2D eigenvalue weighted by Crippen LogP contribution is -2.63. The number of fused-ring (bicyclic) bond motifs is 1. The number of hydrogen-bond acceptors (Lipinski definition) is 6. The van der Waals surface area contributed by atoms with E-state index >= 15 is 0 Å². The maximum absolute atomic E-state index is 14.3. The summed E-state index contributed by atoms with van der Waals surface area (Å²) in [5.41, 5.74) is 3.49. The van der Waals surface area contributed by atoms with E-state index in [9.17, 15) is 32.8 Å². The fourth-order valence-corrected chi connectivity index (χ4v) is 8.12. The Labute approximate surface area is 269 Å². The lowest BCUT2D eigenvalue weighted by Gasteiger charge is -2.42. The third-order valence-corrected chi connectivity index (χ3v) is 11.7. The van der Waals surface area contributed by atoms with Crippen molar-refractivity contribution in [3.63, 3.8) is 0 Å². The standard InChI is InChI=1S/C32H51F2N5O5S/c1-17(2)45-16-31(10-12-32(33,34)13-11-31)38-28(44)37-24(29(3,4)5)27(43)39-15-19-21(30(19,6)7)22(39)26(42)36-20(14-18-8-9-18)23(40)25(35)41/h17-22,24H,8-16H2,1-7H3,(H2,35,41)(H,36,42)(H2,37,38,44)/t19?,20?,21?,22-,24?/m0/s1. The van der Waals surface area contributed by atoms with Gasteiger partial charge in [0.1, 0.15) is 12.1 Å². The van der Waals surface area contributed by atoms with E-state index in [0.29, 0.717) is 18.7 Å². The van der Waals surface area contributed by atoms with Crippen LogP contribution in [0.1, 0.15) is 93.4 Å². The van der Waals surface area contributed by atoms with Crippen molar-refractivity contribution >= 4 is 41.3 Å². The summed E-state index contributed by atoms with van der Waals surface area (Å²) in [4.78, 5) is 67.5. The highest BCUT2D eigenvalue weighted by molar-refractivity contribution is 7.99. The number of Topliss-reactive ketones (excluding diaryl/α,β-unsaturated/α-hetero) is 1. The Morgan fingerprint density at radius 2 is 1.60 bits per heavy atom. The fourth-order valence-electron chi connectivity index (χ4n) is 7.11. The van der Waals surface area contributed by atoms with Crippen LogP contribution < -0.4 is 21.7 Å². The monoisotopic (exact) mass is 655 g/mol. The number of hydrogen-bond donors (Lipinski definition) is 4. The highest BCUT2D eigenvalue weighted by Gasteiger charge is 2.70. The average Bonchev–Trinajstić information content (AvgIpc) is 3.78. The van der Waals surface area contributed by atoms with Gasteiger partial charge in [-0.05, 0) is 53.1 Å². The van der Waals surface area contributed by atoms with Crippen LogP contribution in [0.15, 0.2) is 0 Å². The number of alkyl halides is 2. The molecule has 254 valence electrons. The van der Waals surface area contributed by atoms with Crippen LogP contribution in [-0.2, 0) is 19.2 Å². The van der Waals surface area contributed by atoms with Gasteiger partial charge in [0.2, 0.25) is 23.5 Å². The number of ketones is 1. The van der Waals surface area contributed by atoms with Gasteiger partial charge in [0.15, 0.2) is 0 Å². The SMILES string of the molecule is CC(C)SCC1(NC(=O)NC(C(=O)N2CC3C([C@H]2C(=O)NC(CC2CC2)C(=O)C(N)=O)C3(C)C)C(C)(C)C)CCC(F)(F)CC1. The molecule has 4 aliphatic rings. The summed E-state index contributed by atoms with van der Waals surface area (Å²) >= 11 is 1.59. The number of thioether (sulfide) groups is 1.